The lowest BCUT2D eigenvalue weighted by Gasteiger charge is -2.12. The number of hydrogen-bond acceptors (Lipinski definition) is 3. The van der Waals surface area contributed by atoms with Crippen molar-refractivity contribution in [3.05, 3.63) is 45.6 Å². The minimum atomic E-state index is -4.57. The van der Waals surface area contributed by atoms with E-state index < -0.39 is 16.7 Å². The molecule has 0 spiro atoms. The van der Waals surface area contributed by atoms with Crippen LogP contribution in [0.2, 0.25) is 0 Å². The third-order valence-corrected chi connectivity index (χ3v) is 2.87. The van der Waals surface area contributed by atoms with Crippen LogP contribution in [0.1, 0.15) is 24.6 Å². The molecule has 20 heavy (non-hydrogen) atoms. The van der Waals surface area contributed by atoms with Crippen LogP contribution in [0.3, 0.4) is 0 Å². The molecule has 7 heteroatoms. The molecule has 0 aliphatic carbocycles. The summed E-state index contributed by atoms with van der Waals surface area (Å²) in [6, 6.07) is 4.30. The van der Waals surface area contributed by atoms with Crippen molar-refractivity contribution in [3.8, 4) is 0 Å². The molecule has 0 radical (unpaired) electrons. The van der Waals surface area contributed by atoms with Gasteiger partial charge in [0, 0.05) is 23.2 Å². The molecule has 2 aromatic rings. The predicted molar refractivity (Wildman–Crippen MR) is 67.4 cm³/mol. The minimum Gasteiger partial charge on any atom is -0.258 e. The standard InChI is InChI=1S/C13H11F3N2O2/c1-2-3-8-6-11(13(14,15)16)10-7-9(18(19)20)4-5-12(10)17-8/h4-7H,2-3H2,1H3. The average molecular weight is 284 g/mol. The van der Waals surface area contributed by atoms with E-state index >= 15 is 0 Å². The molecule has 2 rings (SSSR count). The van der Waals surface area contributed by atoms with Gasteiger partial charge in [0.1, 0.15) is 0 Å². The van der Waals surface area contributed by atoms with Gasteiger partial charge in [-0.05, 0) is 18.6 Å². The van der Waals surface area contributed by atoms with Crippen LogP contribution in [0.4, 0.5) is 18.9 Å². The summed E-state index contributed by atoms with van der Waals surface area (Å²) in [5, 5.41) is 10.4. The van der Waals surface area contributed by atoms with Crippen LogP contribution < -0.4 is 0 Å². The van der Waals surface area contributed by atoms with Gasteiger partial charge in [0.2, 0.25) is 0 Å². The van der Waals surface area contributed by atoms with E-state index in [9.17, 15) is 23.3 Å². The number of non-ortho nitro benzene ring substituents is 1. The van der Waals surface area contributed by atoms with E-state index in [-0.39, 0.29) is 16.6 Å². The Morgan fingerprint density at radius 3 is 2.55 bits per heavy atom. The maximum Gasteiger partial charge on any atom is 0.417 e. The quantitative estimate of drug-likeness (QED) is 0.629. The molecule has 1 heterocycles. The van der Waals surface area contributed by atoms with Gasteiger partial charge in [-0.25, -0.2) is 0 Å². The molecule has 4 nitrogen and oxygen atoms in total. The first-order chi connectivity index (χ1) is 9.32. The smallest absolute Gasteiger partial charge is 0.258 e. The Morgan fingerprint density at radius 2 is 2.00 bits per heavy atom. The third-order valence-electron chi connectivity index (χ3n) is 2.87. The molecule has 0 fully saturated rings. The van der Waals surface area contributed by atoms with Crippen molar-refractivity contribution in [1.82, 2.24) is 4.98 Å². The van der Waals surface area contributed by atoms with E-state index in [1.807, 2.05) is 6.92 Å². The highest BCUT2D eigenvalue weighted by atomic mass is 19.4. The van der Waals surface area contributed by atoms with Crippen molar-refractivity contribution >= 4 is 16.6 Å². The van der Waals surface area contributed by atoms with E-state index in [0.29, 0.717) is 18.5 Å². The van der Waals surface area contributed by atoms with Crippen molar-refractivity contribution in [2.75, 3.05) is 0 Å². The van der Waals surface area contributed by atoms with Crippen LogP contribution in [-0.4, -0.2) is 9.91 Å². The van der Waals surface area contributed by atoms with Crippen LogP contribution in [-0.2, 0) is 12.6 Å². The number of rotatable bonds is 3. The summed E-state index contributed by atoms with van der Waals surface area (Å²) in [7, 11) is 0. The van der Waals surface area contributed by atoms with Crippen molar-refractivity contribution in [1.29, 1.82) is 0 Å². The van der Waals surface area contributed by atoms with E-state index in [2.05, 4.69) is 4.98 Å². The fraction of sp³-hybridized carbons (Fsp3) is 0.308. The number of nitro benzene ring substituents is 1. The Labute approximate surface area is 112 Å². The van der Waals surface area contributed by atoms with Crippen LogP contribution in [0.15, 0.2) is 24.3 Å². The van der Waals surface area contributed by atoms with Gasteiger partial charge in [0.25, 0.3) is 5.69 Å². The Bertz CT molecular complexity index is 668. The number of hydrogen-bond donors (Lipinski definition) is 0. The van der Waals surface area contributed by atoms with E-state index in [1.54, 1.807) is 0 Å². The topological polar surface area (TPSA) is 56.0 Å². The summed E-state index contributed by atoms with van der Waals surface area (Å²) in [6.45, 7) is 1.84. The highest BCUT2D eigenvalue weighted by Gasteiger charge is 2.33. The molecule has 0 aliphatic rings. The molecule has 0 saturated carbocycles. The molecule has 0 amide bonds. The molecular weight excluding hydrogens is 273 g/mol. The molecule has 0 atom stereocenters. The molecule has 0 unspecified atom stereocenters. The number of halogens is 3. The predicted octanol–water partition coefficient (Wildman–Crippen LogP) is 4.11. The first-order valence-corrected chi connectivity index (χ1v) is 5.98. The number of aromatic nitrogens is 1. The minimum absolute atomic E-state index is 0.119. The van der Waals surface area contributed by atoms with Crippen molar-refractivity contribution in [3.63, 3.8) is 0 Å². The lowest BCUT2D eigenvalue weighted by Crippen LogP contribution is -2.08. The first kappa shape index (κ1) is 14.2. The summed E-state index contributed by atoms with van der Waals surface area (Å²) in [5.74, 6) is 0. The number of nitrogens with zero attached hydrogens (tertiary/aromatic N) is 2. The number of nitro groups is 1. The SMILES string of the molecule is CCCc1cc(C(F)(F)F)c2cc([N+](=O)[O-])ccc2n1. The van der Waals surface area contributed by atoms with Crippen molar-refractivity contribution in [2.45, 2.75) is 25.9 Å². The van der Waals surface area contributed by atoms with Gasteiger partial charge in [0.05, 0.1) is 16.0 Å². The van der Waals surface area contributed by atoms with Crippen LogP contribution >= 0.6 is 0 Å². The second-order valence-electron chi connectivity index (χ2n) is 4.37. The molecule has 1 aromatic carbocycles. The molecule has 1 aromatic heterocycles. The molecule has 0 aliphatic heterocycles. The lowest BCUT2D eigenvalue weighted by molar-refractivity contribution is -0.384. The van der Waals surface area contributed by atoms with Crippen LogP contribution in [0.5, 0.6) is 0 Å². The second kappa shape index (κ2) is 5.07. The Morgan fingerprint density at radius 1 is 1.30 bits per heavy atom. The Hall–Kier alpha value is -2.18. The zero-order valence-electron chi connectivity index (χ0n) is 10.6. The van der Waals surface area contributed by atoms with Gasteiger partial charge < -0.3 is 0 Å². The maximum absolute atomic E-state index is 13.1. The van der Waals surface area contributed by atoms with E-state index in [4.69, 9.17) is 0 Å². The van der Waals surface area contributed by atoms with Crippen LogP contribution in [0, 0.1) is 10.1 Å². The summed E-state index contributed by atoms with van der Waals surface area (Å²) >= 11 is 0. The highest BCUT2D eigenvalue weighted by Crippen LogP contribution is 2.36. The lowest BCUT2D eigenvalue weighted by atomic mass is 10.0. The Balaban J connectivity index is 2.75. The zero-order chi connectivity index (χ0) is 14.9. The van der Waals surface area contributed by atoms with Gasteiger partial charge in [0.15, 0.2) is 0 Å². The number of alkyl halides is 3. The number of benzene rings is 1. The molecule has 106 valence electrons. The third kappa shape index (κ3) is 2.71. The highest BCUT2D eigenvalue weighted by molar-refractivity contribution is 5.85. The summed E-state index contributed by atoms with van der Waals surface area (Å²) in [6.07, 6.45) is -3.47. The number of fused-ring (bicyclic) bond motifs is 1. The fourth-order valence-electron chi connectivity index (χ4n) is 2.00. The summed E-state index contributed by atoms with van der Waals surface area (Å²) in [5.41, 5.74) is -0.808. The maximum atomic E-state index is 13.1. The second-order valence-corrected chi connectivity index (χ2v) is 4.37. The van der Waals surface area contributed by atoms with Gasteiger partial charge in [-0.1, -0.05) is 13.3 Å². The van der Waals surface area contributed by atoms with Crippen molar-refractivity contribution in [2.24, 2.45) is 0 Å². The Kier molecular flexibility index (Phi) is 3.61. The van der Waals surface area contributed by atoms with Crippen molar-refractivity contribution < 1.29 is 18.1 Å². The van der Waals surface area contributed by atoms with Gasteiger partial charge in [-0.2, -0.15) is 13.2 Å². The number of pyridine rings is 1. The molecule has 0 saturated heterocycles. The van der Waals surface area contributed by atoms with E-state index in [0.717, 1.165) is 18.2 Å². The van der Waals surface area contributed by atoms with Gasteiger partial charge in [-0.3, -0.25) is 15.1 Å². The van der Waals surface area contributed by atoms with E-state index in [1.165, 1.54) is 6.07 Å². The number of aryl methyl sites for hydroxylation is 1. The normalized spacial score (nSPS) is 11.8. The monoisotopic (exact) mass is 284 g/mol. The fourth-order valence-corrected chi connectivity index (χ4v) is 2.00. The average Bonchev–Trinajstić information content (AvgIpc) is 2.36. The van der Waals surface area contributed by atoms with Gasteiger partial charge in [-0.15, -0.1) is 0 Å². The summed E-state index contributed by atoms with van der Waals surface area (Å²) < 4.78 is 39.2. The zero-order valence-corrected chi connectivity index (χ0v) is 10.6. The van der Waals surface area contributed by atoms with Crippen LogP contribution in [0.25, 0.3) is 10.9 Å². The molecule has 0 N–H and O–H groups in total. The molecular formula is C13H11F3N2O2. The first-order valence-electron chi connectivity index (χ1n) is 5.98. The van der Waals surface area contributed by atoms with Gasteiger partial charge >= 0.3 is 6.18 Å². The molecule has 0 bridgehead atoms. The summed E-state index contributed by atoms with van der Waals surface area (Å²) in [4.78, 5) is 14.1. The largest absolute Gasteiger partial charge is 0.417 e.